The number of hydrogen-bond donors (Lipinski definition) is 1. The van der Waals surface area contributed by atoms with Gasteiger partial charge in [0, 0.05) is 18.8 Å². The maximum Gasteiger partial charge on any atom is 0.129 e. The van der Waals surface area contributed by atoms with Crippen molar-refractivity contribution in [1.82, 2.24) is 0 Å². The van der Waals surface area contributed by atoms with Gasteiger partial charge in [-0.3, -0.25) is 0 Å². The van der Waals surface area contributed by atoms with Crippen molar-refractivity contribution < 1.29 is 14.7 Å². The third-order valence-electron chi connectivity index (χ3n) is 2.72. The summed E-state index contributed by atoms with van der Waals surface area (Å²) in [5.41, 5.74) is 1.49. The Morgan fingerprint density at radius 3 is 2.43 bits per heavy atom. The van der Waals surface area contributed by atoms with Crippen LogP contribution in [-0.4, -0.2) is 36.2 Å². The molecule has 0 aliphatic rings. The van der Waals surface area contributed by atoms with Gasteiger partial charge in [-0.05, 0) is 40.0 Å². The molecule has 1 aromatic carbocycles. The third kappa shape index (κ3) is 8.48. The molecule has 21 heavy (non-hydrogen) atoms. The first-order valence-electron chi connectivity index (χ1n) is 7.52. The average molecular weight is 293 g/mol. The lowest BCUT2D eigenvalue weighted by Gasteiger charge is -2.17. The molecule has 0 bridgehead atoms. The second-order valence-corrected chi connectivity index (χ2v) is 5.94. The van der Waals surface area contributed by atoms with E-state index in [2.05, 4.69) is 5.16 Å². The zero-order valence-electron chi connectivity index (χ0n) is 13.3. The summed E-state index contributed by atoms with van der Waals surface area (Å²) in [6, 6.07) is 9.92. The molecule has 4 heteroatoms. The Bertz CT molecular complexity index is 410. The van der Waals surface area contributed by atoms with Gasteiger partial charge in [-0.2, -0.15) is 0 Å². The Kier molecular flexibility index (Phi) is 8.01. The van der Waals surface area contributed by atoms with E-state index in [1.54, 1.807) is 0 Å². The van der Waals surface area contributed by atoms with E-state index in [1.165, 1.54) is 0 Å². The van der Waals surface area contributed by atoms with E-state index in [1.807, 2.05) is 51.1 Å². The summed E-state index contributed by atoms with van der Waals surface area (Å²) in [6.07, 6.45) is 2.76. The second kappa shape index (κ2) is 9.53. The van der Waals surface area contributed by atoms with Gasteiger partial charge in [-0.25, -0.2) is 0 Å². The maximum atomic E-state index is 8.73. The molecule has 118 valence electrons. The third-order valence-corrected chi connectivity index (χ3v) is 2.72. The van der Waals surface area contributed by atoms with Crippen molar-refractivity contribution >= 4 is 5.71 Å². The summed E-state index contributed by atoms with van der Waals surface area (Å²) in [5, 5.41) is 13.0. The molecular weight excluding hydrogens is 266 g/mol. The minimum Gasteiger partial charge on any atom is -0.396 e. The number of benzene rings is 1. The lowest BCUT2D eigenvalue weighted by molar-refractivity contribution is -0.000370. The van der Waals surface area contributed by atoms with Gasteiger partial charge >= 0.3 is 0 Å². The Labute approximate surface area is 127 Å². The summed E-state index contributed by atoms with van der Waals surface area (Å²) >= 11 is 0. The number of rotatable bonds is 9. The molecule has 0 spiro atoms. The summed E-state index contributed by atoms with van der Waals surface area (Å²) in [5.74, 6) is 0. The predicted octanol–water partition coefficient (Wildman–Crippen LogP) is 3.39. The molecule has 0 aromatic heterocycles. The molecule has 0 heterocycles. The molecule has 1 rings (SSSR count). The van der Waals surface area contributed by atoms with E-state index in [4.69, 9.17) is 14.7 Å². The molecule has 0 amide bonds. The van der Waals surface area contributed by atoms with Gasteiger partial charge < -0.3 is 14.7 Å². The maximum absolute atomic E-state index is 8.73. The van der Waals surface area contributed by atoms with Crippen molar-refractivity contribution in [1.29, 1.82) is 0 Å². The molecule has 0 unspecified atom stereocenters. The van der Waals surface area contributed by atoms with E-state index in [0.29, 0.717) is 13.2 Å². The van der Waals surface area contributed by atoms with Gasteiger partial charge in [0.25, 0.3) is 0 Å². The molecule has 0 fully saturated rings. The Hall–Kier alpha value is -1.39. The summed E-state index contributed by atoms with van der Waals surface area (Å²) < 4.78 is 5.67. The number of oxime groups is 1. The van der Waals surface area contributed by atoms with Crippen LogP contribution in [0.25, 0.3) is 0 Å². The predicted molar refractivity (Wildman–Crippen MR) is 85.6 cm³/mol. The van der Waals surface area contributed by atoms with Crippen LogP contribution in [0.1, 0.15) is 45.6 Å². The van der Waals surface area contributed by atoms with Gasteiger partial charge in [0.05, 0.1) is 6.61 Å². The van der Waals surface area contributed by atoms with E-state index in [-0.39, 0.29) is 12.2 Å². The summed E-state index contributed by atoms with van der Waals surface area (Å²) in [4.78, 5) is 5.52. The number of ether oxygens (including phenoxy) is 1. The van der Waals surface area contributed by atoms with Crippen LogP contribution in [0.2, 0.25) is 0 Å². The fourth-order valence-corrected chi connectivity index (χ4v) is 1.65. The van der Waals surface area contributed by atoms with Crippen molar-refractivity contribution in [3.05, 3.63) is 35.9 Å². The van der Waals surface area contributed by atoms with Crippen LogP contribution >= 0.6 is 0 Å². The lowest BCUT2D eigenvalue weighted by atomic mass is 10.1. The van der Waals surface area contributed by atoms with Crippen LogP contribution < -0.4 is 0 Å². The van der Waals surface area contributed by atoms with Crippen LogP contribution in [0, 0.1) is 0 Å². The highest BCUT2D eigenvalue weighted by atomic mass is 16.6. The van der Waals surface area contributed by atoms with Gasteiger partial charge in [-0.15, -0.1) is 0 Å². The Balaban J connectivity index is 2.53. The Morgan fingerprint density at radius 1 is 1.10 bits per heavy atom. The molecule has 0 atom stereocenters. The fourth-order valence-electron chi connectivity index (χ4n) is 1.65. The van der Waals surface area contributed by atoms with Crippen LogP contribution in [0.4, 0.5) is 0 Å². The van der Waals surface area contributed by atoms with Crippen molar-refractivity contribution in [2.45, 2.75) is 45.6 Å². The molecule has 0 saturated heterocycles. The van der Waals surface area contributed by atoms with E-state index >= 15 is 0 Å². The zero-order valence-corrected chi connectivity index (χ0v) is 13.3. The van der Waals surface area contributed by atoms with Crippen molar-refractivity contribution in [2.75, 3.05) is 19.8 Å². The zero-order chi connectivity index (χ0) is 15.6. The van der Waals surface area contributed by atoms with Crippen LogP contribution in [-0.2, 0) is 9.57 Å². The topological polar surface area (TPSA) is 51.0 Å². The van der Waals surface area contributed by atoms with Crippen LogP contribution in [0.15, 0.2) is 35.5 Å². The second-order valence-electron chi connectivity index (χ2n) is 5.94. The number of hydrogen-bond acceptors (Lipinski definition) is 4. The van der Waals surface area contributed by atoms with E-state index < -0.39 is 0 Å². The SMILES string of the molecule is CC(C)(C)ON=C(COCCCCCO)c1ccccc1. The highest BCUT2D eigenvalue weighted by Gasteiger charge is 2.12. The molecule has 1 aromatic rings. The normalized spacial score (nSPS) is 12.5. The quantitative estimate of drug-likeness (QED) is 0.431. The van der Waals surface area contributed by atoms with Gasteiger partial charge in [-0.1, -0.05) is 35.5 Å². The molecule has 0 aliphatic carbocycles. The minimum absolute atomic E-state index is 0.246. The van der Waals surface area contributed by atoms with E-state index in [9.17, 15) is 0 Å². The summed E-state index contributed by atoms with van der Waals surface area (Å²) in [7, 11) is 0. The standard InChI is InChI=1S/C17H27NO3/c1-17(2,3)21-18-16(15-10-6-4-7-11-15)14-20-13-9-5-8-12-19/h4,6-7,10-11,19H,5,8-9,12-14H2,1-3H3. The summed E-state index contributed by atoms with van der Waals surface area (Å²) in [6.45, 7) is 7.25. The van der Waals surface area contributed by atoms with Crippen molar-refractivity contribution in [3.63, 3.8) is 0 Å². The molecule has 0 aliphatic heterocycles. The average Bonchev–Trinajstić information content (AvgIpc) is 2.45. The first kappa shape index (κ1) is 17.7. The van der Waals surface area contributed by atoms with Gasteiger partial charge in [0.2, 0.25) is 0 Å². The molecule has 4 nitrogen and oxygen atoms in total. The first-order chi connectivity index (χ1) is 10.0. The highest BCUT2D eigenvalue weighted by Crippen LogP contribution is 2.10. The van der Waals surface area contributed by atoms with Crippen LogP contribution in [0.3, 0.4) is 0 Å². The molecular formula is C17H27NO3. The smallest absolute Gasteiger partial charge is 0.129 e. The monoisotopic (exact) mass is 293 g/mol. The van der Waals surface area contributed by atoms with E-state index in [0.717, 1.165) is 30.5 Å². The highest BCUT2D eigenvalue weighted by molar-refractivity contribution is 6.01. The molecule has 0 saturated carbocycles. The number of nitrogens with zero attached hydrogens (tertiary/aromatic N) is 1. The van der Waals surface area contributed by atoms with Gasteiger partial charge in [0.1, 0.15) is 11.3 Å². The fraction of sp³-hybridized carbons (Fsp3) is 0.588. The van der Waals surface area contributed by atoms with Crippen LogP contribution in [0.5, 0.6) is 0 Å². The minimum atomic E-state index is -0.318. The number of unbranched alkanes of at least 4 members (excludes halogenated alkanes) is 2. The number of aliphatic hydroxyl groups is 1. The Morgan fingerprint density at radius 2 is 1.81 bits per heavy atom. The first-order valence-corrected chi connectivity index (χ1v) is 7.52. The number of aliphatic hydroxyl groups excluding tert-OH is 1. The van der Waals surface area contributed by atoms with Crippen molar-refractivity contribution in [3.8, 4) is 0 Å². The largest absolute Gasteiger partial charge is 0.396 e. The van der Waals surface area contributed by atoms with Gasteiger partial charge in [0.15, 0.2) is 0 Å². The lowest BCUT2D eigenvalue weighted by Crippen LogP contribution is -2.19. The molecule has 1 N–H and O–H groups in total. The molecule has 0 radical (unpaired) electrons. The van der Waals surface area contributed by atoms with Crippen molar-refractivity contribution in [2.24, 2.45) is 5.16 Å².